The molecular weight excluding hydrogens is 392 g/mol. The summed E-state index contributed by atoms with van der Waals surface area (Å²) in [6, 6.07) is 7.75. The molecule has 31 heavy (non-hydrogen) atoms. The summed E-state index contributed by atoms with van der Waals surface area (Å²) in [7, 11) is 0. The average molecular weight is 423 g/mol. The van der Waals surface area contributed by atoms with Crippen LogP contribution in [0.5, 0.6) is 0 Å². The molecule has 1 fully saturated rings. The molecule has 2 atom stereocenters. The van der Waals surface area contributed by atoms with Crippen LogP contribution in [0, 0.1) is 11.8 Å². The summed E-state index contributed by atoms with van der Waals surface area (Å²) < 4.78 is 2.68. The minimum atomic E-state index is -0.345. The zero-order valence-corrected chi connectivity index (χ0v) is 18.6. The van der Waals surface area contributed by atoms with Gasteiger partial charge in [0.25, 0.3) is 0 Å². The van der Waals surface area contributed by atoms with E-state index < -0.39 is 0 Å². The van der Waals surface area contributed by atoms with E-state index in [9.17, 15) is 9.59 Å². The number of hydrogen-bond donors (Lipinski definition) is 1. The lowest BCUT2D eigenvalue weighted by molar-refractivity contribution is -0.117. The number of nitrogens with zero attached hydrogens (tertiary/aromatic N) is 5. The van der Waals surface area contributed by atoms with Gasteiger partial charge in [-0.2, -0.15) is 0 Å². The summed E-state index contributed by atoms with van der Waals surface area (Å²) in [5.41, 5.74) is 2.00. The molecule has 3 heterocycles. The van der Waals surface area contributed by atoms with Crippen molar-refractivity contribution in [1.29, 1.82) is 0 Å². The first-order valence-corrected chi connectivity index (χ1v) is 10.9. The maximum Gasteiger partial charge on any atom is 0.350 e. The van der Waals surface area contributed by atoms with E-state index in [-0.39, 0.29) is 18.1 Å². The third-order valence-corrected chi connectivity index (χ3v) is 5.78. The van der Waals surface area contributed by atoms with E-state index in [2.05, 4.69) is 48.0 Å². The van der Waals surface area contributed by atoms with Crippen LogP contribution in [0.3, 0.4) is 0 Å². The number of anilines is 2. The highest BCUT2D eigenvalue weighted by Gasteiger charge is 2.26. The highest BCUT2D eigenvalue weighted by Crippen LogP contribution is 2.26. The smallest absolute Gasteiger partial charge is 0.350 e. The minimum absolute atomic E-state index is 0.154. The standard InChI is InChI=1S/C23H30N6O2/c1-15(2)18-6-5-7-19(11-18)25-20(30)14-29-23(31)28-9-8-24-21(22(28)26-29)27-12-16(3)10-17(4)13-27/h5-9,11,15-17H,10,12-14H2,1-4H3,(H,25,30)/t16-,17-/m1/s1. The molecule has 0 unspecified atom stereocenters. The molecule has 1 amide bonds. The number of carbonyl (C=O) groups excluding carboxylic acids is 1. The zero-order chi connectivity index (χ0) is 22.1. The van der Waals surface area contributed by atoms with E-state index in [1.807, 2.05) is 24.3 Å². The van der Waals surface area contributed by atoms with Crippen molar-refractivity contribution in [2.75, 3.05) is 23.3 Å². The molecule has 1 aliphatic rings. The summed E-state index contributed by atoms with van der Waals surface area (Å²) in [4.78, 5) is 32.2. The highest BCUT2D eigenvalue weighted by atomic mass is 16.2. The van der Waals surface area contributed by atoms with Crippen LogP contribution >= 0.6 is 0 Å². The fourth-order valence-corrected chi connectivity index (χ4v) is 4.41. The molecule has 0 spiro atoms. The predicted octanol–water partition coefficient (Wildman–Crippen LogP) is 3.14. The molecular formula is C23H30N6O2. The van der Waals surface area contributed by atoms with Crippen LogP contribution in [0.1, 0.15) is 45.6 Å². The summed E-state index contributed by atoms with van der Waals surface area (Å²) in [5, 5.41) is 7.34. The number of piperidine rings is 1. The van der Waals surface area contributed by atoms with Gasteiger partial charge in [0.1, 0.15) is 6.54 Å². The molecule has 0 saturated carbocycles. The summed E-state index contributed by atoms with van der Waals surface area (Å²) in [6.45, 7) is 10.3. The van der Waals surface area contributed by atoms with Gasteiger partial charge in [0.2, 0.25) is 11.6 Å². The van der Waals surface area contributed by atoms with E-state index in [1.165, 1.54) is 15.5 Å². The van der Waals surface area contributed by atoms with Crippen LogP contribution in [-0.2, 0) is 11.3 Å². The van der Waals surface area contributed by atoms with Crippen molar-refractivity contribution < 1.29 is 4.79 Å². The van der Waals surface area contributed by atoms with Crippen LogP contribution < -0.4 is 15.9 Å². The number of nitrogens with one attached hydrogen (secondary N) is 1. The predicted molar refractivity (Wildman–Crippen MR) is 122 cm³/mol. The summed E-state index contributed by atoms with van der Waals surface area (Å²) >= 11 is 0. The normalized spacial score (nSPS) is 19.2. The highest BCUT2D eigenvalue weighted by molar-refractivity contribution is 5.90. The molecule has 1 aromatic carbocycles. The van der Waals surface area contributed by atoms with Gasteiger partial charge in [-0.15, -0.1) is 5.10 Å². The number of carbonyl (C=O) groups is 1. The molecule has 2 aromatic heterocycles. The number of rotatable bonds is 5. The van der Waals surface area contributed by atoms with Gasteiger partial charge < -0.3 is 10.2 Å². The van der Waals surface area contributed by atoms with Gasteiger partial charge >= 0.3 is 5.69 Å². The quantitative estimate of drug-likeness (QED) is 0.683. The van der Waals surface area contributed by atoms with Gasteiger partial charge in [0.15, 0.2) is 5.82 Å². The Morgan fingerprint density at radius 1 is 1.23 bits per heavy atom. The number of amides is 1. The molecule has 0 bridgehead atoms. The average Bonchev–Trinajstić information content (AvgIpc) is 3.03. The van der Waals surface area contributed by atoms with Gasteiger partial charge in [-0.1, -0.05) is 39.8 Å². The summed E-state index contributed by atoms with van der Waals surface area (Å²) in [6.07, 6.45) is 4.40. The molecule has 1 aliphatic heterocycles. The topological polar surface area (TPSA) is 84.5 Å². The number of benzene rings is 1. The Hall–Kier alpha value is -3.16. The lowest BCUT2D eigenvalue weighted by atomic mass is 9.92. The molecule has 4 rings (SSSR count). The Balaban J connectivity index is 1.57. The molecule has 1 N–H and O–H groups in total. The number of aromatic nitrogens is 4. The van der Waals surface area contributed by atoms with E-state index in [1.54, 1.807) is 12.4 Å². The van der Waals surface area contributed by atoms with Crippen LogP contribution in [0.15, 0.2) is 41.5 Å². The van der Waals surface area contributed by atoms with Crippen molar-refractivity contribution in [2.24, 2.45) is 11.8 Å². The largest absolute Gasteiger partial charge is 0.353 e. The second kappa shape index (κ2) is 8.53. The van der Waals surface area contributed by atoms with E-state index in [0.29, 0.717) is 34.9 Å². The van der Waals surface area contributed by atoms with Crippen LogP contribution in [-0.4, -0.2) is 38.2 Å². The maximum atomic E-state index is 12.9. The molecule has 1 saturated heterocycles. The SMILES string of the molecule is CC(C)c1cccc(NC(=O)Cn2nc3c(N4C[C@H](C)C[C@@H](C)C4)nccn3c2=O)c1. The first kappa shape index (κ1) is 21.1. The van der Waals surface area contributed by atoms with Gasteiger partial charge in [-0.05, 0) is 41.9 Å². The van der Waals surface area contributed by atoms with Gasteiger partial charge in [-0.3, -0.25) is 4.79 Å². The Morgan fingerprint density at radius 2 is 1.97 bits per heavy atom. The lowest BCUT2D eigenvalue weighted by Crippen LogP contribution is -2.39. The Morgan fingerprint density at radius 3 is 2.68 bits per heavy atom. The summed E-state index contributed by atoms with van der Waals surface area (Å²) in [5.74, 6) is 1.87. The fraction of sp³-hybridized carbons (Fsp3) is 0.478. The Bertz CT molecular complexity index is 1140. The minimum Gasteiger partial charge on any atom is -0.353 e. The number of hydrogen-bond acceptors (Lipinski definition) is 5. The Kier molecular flexibility index (Phi) is 5.80. The van der Waals surface area contributed by atoms with Crippen LogP contribution in [0.25, 0.3) is 5.65 Å². The zero-order valence-electron chi connectivity index (χ0n) is 18.6. The monoisotopic (exact) mass is 422 g/mol. The van der Waals surface area contributed by atoms with Crippen molar-refractivity contribution in [2.45, 2.75) is 46.6 Å². The lowest BCUT2D eigenvalue weighted by Gasteiger charge is -2.35. The first-order valence-electron chi connectivity index (χ1n) is 10.9. The van der Waals surface area contributed by atoms with Crippen molar-refractivity contribution in [3.8, 4) is 0 Å². The van der Waals surface area contributed by atoms with E-state index >= 15 is 0 Å². The second-order valence-corrected chi connectivity index (χ2v) is 9.06. The van der Waals surface area contributed by atoms with Gasteiger partial charge in [-0.25, -0.2) is 18.9 Å². The van der Waals surface area contributed by atoms with Crippen molar-refractivity contribution in [1.82, 2.24) is 19.2 Å². The third-order valence-electron chi connectivity index (χ3n) is 5.78. The molecule has 164 valence electrons. The molecule has 8 heteroatoms. The molecule has 3 aromatic rings. The van der Waals surface area contributed by atoms with Crippen molar-refractivity contribution in [3.63, 3.8) is 0 Å². The van der Waals surface area contributed by atoms with Crippen LogP contribution in [0.4, 0.5) is 11.5 Å². The molecule has 0 aliphatic carbocycles. The first-order chi connectivity index (χ1) is 14.8. The Labute approximate surface area is 181 Å². The fourth-order valence-electron chi connectivity index (χ4n) is 4.41. The molecule has 0 radical (unpaired) electrons. The molecule has 8 nitrogen and oxygen atoms in total. The maximum absolute atomic E-state index is 12.9. The van der Waals surface area contributed by atoms with Gasteiger partial charge in [0.05, 0.1) is 0 Å². The van der Waals surface area contributed by atoms with Crippen LogP contribution in [0.2, 0.25) is 0 Å². The van der Waals surface area contributed by atoms with E-state index in [4.69, 9.17) is 0 Å². The van der Waals surface area contributed by atoms with E-state index in [0.717, 1.165) is 18.7 Å². The van der Waals surface area contributed by atoms with Gasteiger partial charge in [0, 0.05) is 31.2 Å². The third kappa shape index (κ3) is 4.47. The number of fused-ring (bicyclic) bond motifs is 1. The van der Waals surface area contributed by atoms with Crippen molar-refractivity contribution in [3.05, 3.63) is 52.7 Å². The second-order valence-electron chi connectivity index (χ2n) is 9.06. The van der Waals surface area contributed by atoms with Crippen molar-refractivity contribution >= 4 is 23.1 Å².